The van der Waals surface area contributed by atoms with Crippen molar-refractivity contribution in [3.05, 3.63) is 93.1 Å². The highest BCUT2D eigenvalue weighted by Gasteiger charge is 2.33. The zero-order valence-electron chi connectivity index (χ0n) is 23.2. The van der Waals surface area contributed by atoms with Crippen LogP contribution in [-0.2, 0) is 21.3 Å². The Kier molecular flexibility index (Phi) is 8.11. The molecule has 220 valence electrons. The van der Waals surface area contributed by atoms with Crippen LogP contribution in [0.3, 0.4) is 0 Å². The lowest BCUT2D eigenvalue weighted by atomic mass is 10.1. The molecule has 0 saturated carbocycles. The molecule has 1 amide bonds. The van der Waals surface area contributed by atoms with Gasteiger partial charge in [-0.15, -0.1) is 0 Å². The molecule has 0 spiro atoms. The molecular weight excluding hydrogens is 566 g/mol. The van der Waals surface area contributed by atoms with E-state index in [0.29, 0.717) is 17.0 Å². The van der Waals surface area contributed by atoms with Crippen LogP contribution in [0.2, 0.25) is 0 Å². The normalized spacial score (nSPS) is 14.1. The van der Waals surface area contributed by atoms with Crippen LogP contribution < -0.4 is 10.1 Å². The van der Waals surface area contributed by atoms with Crippen molar-refractivity contribution in [2.24, 2.45) is 0 Å². The van der Waals surface area contributed by atoms with Gasteiger partial charge in [0.25, 0.3) is 11.6 Å². The standard InChI is InChI=1S/C28H29N5O8S/c1-18-6-7-19(2)23(15-18)32-28(20(3)26(30-32)27(34)29-17-22-5-4-12-40-22)41-24-9-8-21(33(35)36)16-25(24)42(37,38)31-10-13-39-14-11-31/h4-9,12,15-16H,10-11,13-14,17H2,1-3H3,(H,29,34). The summed E-state index contributed by atoms with van der Waals surface area (Å²) in [6.45, 7) is 6.09. The third kappa shape index (κ3) is 5.77. The van der Waals surface area contributed by atoms with E-state index in [1.807, 2.05) is 32.0 Å². The van der Waals surface area contributed by atoms with Crippen molar-refractivity contribution in [3.8, 4) is 17.3 Å². The molecule has 0 unspecified atom stereocenters. The summed E-state index contributed by atoms with van der Waals surface area (Å²) in [5.41, 5.74) is 2.33. The van der Waals surface area contributed by atoms with Crippen LogP contribution in [-0.4, -0.2) is 59.6 Å². The first kappa shape index (κ1) is 29.0. The second-order valence-electron chi connectivity index (χ2n) is 9.75. The predicted octanol–water partition coefficient (Wildman–Crippen LogP) is 4.04. The first-order valence-electron chi connectivity index (χ1n) is 13.1. The average Bonchev–Trinajstić information content (AvgIpc) is 3.62. The van der Waals surface area contributed by atoms with Crippen molar-refractivity contribution in [3.63, 3.8) is 0 Å². The maximum Gasteiger partial charge on any atom is 0.272 e. The third-order valence-corrected chi connectivity index (χ3v) is 8.73. The van der Waals surface area contributed by atoms with Crippen molar-refractivity contribution < 1.29 is 32.0 Å². The van der Waals surface area contributed by atoms with Gasteiger partial charge in [0.1, 0.15) is 16.4 Å². The highest BCUT2D eigenvalue weighted by Crippen LogP contribution is 2.37. The quantitative estimate of drug-likeness (QED) is 0.223. The number of carbonyl (C=O) groups excluding carboxylic acids is 1. The van der Waals surface area contributed by atoms with Crippen LogP contribution in [0.4, 0.5) is 5.69 Å². The Morgan fingerprint density at radius 2 is 1.88 bits per heavy atom. The summed E-state index contributed by atoms with van der Waals surface area (Å²) in [6, 6.07) is 12.5. The van der Waals surface area contributed by atoms with E-state index in [1.54, 1.807) is 19.1 Å². The zero-order valence-corrected chi connectivity index (χ0v) is 24.0. The fraction of sp³-hybridized carbons (Fsp3) is 0.286. The molecule has 1 saturated heterocycles. The van der Waals surface area contributed by atoms with Crippen molar-refractivity contribution in [1.82, 2.24) is 19.4 Å². The number of morpholine rings is 1. The molecule has 1 aliphatic rings. The van der Waals surface area contributed by atoms with Gasteiger partial charge < -0.3 is 19.2 Å². The summed E-state index contributed by atoms with van der Waals surface area (Å²) < 4.78 is 46.9. The maximum absolute atomic E-state index is 13.7. The van der Waals surface area contributed by atoms with E-state index in [2.05, 4.69) is 10.4 Å². The molecule has 4 aromatic rings. The largest absolute Gasteiger partial charge is 0.467 e. The van der Waals surface area contributed by atoms with Gasteiger partial charge in [-0.25, -0.2) is 8.42 Å². The van der Waals surface area contributed by atoms with Gasteiger partial charge in [-0.3, -0.25) is 14.9 Å². The van der Waals surface area contributed by atoms with E-state index in [4.69, 9.17) is 13.9 Å². The average molecular weight is 596 g/mol. The Morgan fingerprint density at radius 3 is 2.57 bits per heavy atom. The van der Waals surface area contributed by atoms with Crippen LogP contribution in [0.1, 0.15) is 32.9 Å². The summed E-state index contributed by atoms with van der Waals surface area (Å²) in [5.74, 6) is -0.0127. The number of rotatable bonds is 9. The highest BCUT2D eigenvalue weighted by atomic mass is 32.2. The molecule has 42 heavy (non-hydrogen) atoms. The van der Waals surface area contributed by atoms with Gasteiger partial charge in [-0.05, 0) is 56.2 Å². The molecule has 14 heteroatoms. The minimum absolute atomic E-state index is 0.0527. The zero-order chi connectivity index (χ0) is 30.0. The summed E-state index contributed by atoms with van der Waals surface area (Å²) in [6.07, 6.45) is 1.50. The van der Waals surface area contributed by atoms with Crippen molar-refractivity contribution >= 4 is 21.6 Å². The number of sulfonamides is 1. The lowest BCUT2D eigenvalue weighted by Gasteiger charge is -2.26. The third-order valence-electron chi connectivity index (χ3n) is 6.81. The molecule has 13 nitrogen and oxygen atoms in total. The lowest BCUT2D eigenvalue weighted by molar-refractivity contribution is -0.385. The van der Waals surface area contributed by atoms with Crippen LogP contribution in [0.15, 0.2) is 64.1 Å². The van der Waals surface area contributed by atoms with Crippen LogP contribution >= 0.6 is 0 Å². The van der Waals surface area contributed by atoms with Gasteiger partial charge >= 0.3 is 0 Å². The number of nitrogens with one attached hydrogen (secondary N) is 1. The fourth-order valence-electron chi connectivity index (χ4n) is 4.52. The molecule has 2 aromatic carbocycles. The number of nitro benzene ring substituents is 1. The Labute approximate surface area is 241 Å². The van der Waals surface area contributed by atoms with Crippen molar-refractivity contribution in [2.75, 3.05) is 26.3 Å². The SMILES string of the molecule is Cc1ccc(C)c(-n2nc(C(=O)NCc3ccco3)c(C)c2Oc2ccc([N+](=O)[O-])cc2S(=O)(=O)N2CCOCC2)c1. The molecule has 5 rings (SSSR count). The summed E-state index contributed by atoms with van der Waals surface area (Å²) in [4.78, 5) is 23.8. The second kappa shape index (κ2) is 11.8. The van der Waals surface area contributed by atoms with Gasteiger partial charge in [0, 0.05) is 30.8 Å². The van der Waals surface area contributed by atoms with E-state index < -0.39 is 26.5 Å². The summed E-state index contributed by atoms with van der Waals surface area (Å²) >= 11 is 0. The first-order valence-corrected chi connectivity index (χ1v) is 14.5. The molecule has 3 heterocycles. The predicted molar refractivity (Wildman–Crippen MR) is 150 cm³/mol. The number of carbonyl (C=O) groups is 1. The first-order chi connectivity index (χ1) is 20.1. The lowest BCUT2D eigenvalue weighted by Crippen LogP contribution is -2.40. The van der Waals surface area contributed by atoms with E-state index in [1.165, 1.54) is 27.4 Å². The minimum Gasteiger partial charge on any atom is -0.467 e. The van der Waals surface area contributed by atoms with Gasteiger partial charge in [0.05, 0.1) is 36.6 Å². The number of non-ortho nitro benzene ring substituents is 1. The molecule has 0 atom stereocenters. The van der Waals surface area contributed by atoms with Gasteiger partial charge in [0.2, 0.25) is 15.9 Å². The molecule has 1 N–H and O–H groups in total. The number of nitro groups is 1. The van der Waals surface area contributed by atoms with Crippen LogP contribution in [0, 0.1) is 30.9 Å². The van der Waals surface area contributed by atoms with Crippen LogP contribution in [0.25, 0.3) is 5.69 Å². The van der Waals surface area contributed by atoms with Gasteiger partial charge in [-0.2, -0.15) is 14.1 Å². The van der Waals surface area contributed by atoms with Gasteiger partial charge in [-0.1, -0.05) is 12.1 Å². The number of hydrogen-bond acceptors (Lipinski definition) is 9. The second-order valence-corrected chi connectivity index (χ2v) is 11.7. The van der Waals surface area contributed by atoms with E-state index in [9.17, 15) is 23.3 Å². The smallest absolute Gasteiger partial charge is 0.272 e. The molecular formula is C28H29N5O8S. The van der Waals surface area contributed by atoms with Gasteiger partial charge in [0.15, 0.2) is 5.69 Å². The minimum atomic E-state index is -4.21. The highest BCUT2D eigenvalue weighted by molar-refractivity contribution is 7.89. The van der Waals surface area contributed by atoms with Crippen molar-refractivity contribution in [1.29, 1.82) is 0 Å². The Balaban J connectivity index is 1.62. The molecule has 0 bridgehead atoms. The maximum atomic E-state index is 13.7. The fourth-order valence-corrected chi connectivity index (χ4v) is 6.06. The Morgan fingerprint density at radius 1 is 1.12 bits per heavy atom. The number of aryl methyl sites for hydroxylation is 2. The number of amides is 1. The summed E-state index contributed by atoms with van der Waals surface area (Å²) in [7, 11) is -4.21. The number of ether oxygens (including phenoxy) is 2. The molecule has 1 fully saturated rings. The Bertz CT molecular complexity index is 1740. The molecule has 0 radical (unpaired) electrons. The van der Waals surface area contributed by atoms with Crippen LogP contribution in [0.5, 0.6) is 11.6 Å². The number of hydrogen-bond donors (Lipinski definition) is 1. The van der Waals surface area contributed by atoms with E-state index in [-0.39, 0.29) is 55.1 Å². The monoisotopic (exact) mass is 595 g/mol. The van der Waals surface area contributed by atoms with Crippen molar-refractivity contribution in [2.45, 2.75) is 32.2 Å². The van der Waals surface area contributed by atoms with E-state index >= 15 is 0 Å². The number of benzene rings is 2. The molecule has 2 aromatic heterocycles. The number of nitrogens with zero attached hydrogens (tertiary/aromatic N) is 4. The summed E-state index contributed by atoms with van der Waals surface area (Å²) in [5, 5.41) is 18.9. The Hall–Kier alpha value is -4.53. The molecule has 0 aliphatic carbocycles. The number of furan rings is 1. The van der Waals surface area contributed by atoms with E-state index in [0.717, 1.165) is 17.2 Å². The molecule has 1 aliphatic heterocycles. The number of aromatic nitrogens is 2. The topological polar surface area (TPSA) is 159 Å².